The molecule has 0 atom stereocenters. The van der Waals surface area contributed by atoms with Crippen molar-refractivity contribution in [2.75, 3.05) is 27.4 Å². The maximum absolute atomic E-state index is 5.72. The first kappa shape index (κ1) is 26.0. The van der Waals surface area contributed by atoms with Crippen molar-refractivity contribution in [3.05, 3.63) is 59.2 Å². The van der Waals surface area contributed by atoms with Gasteiger partial charge in [0.1, 0.15) is 11.5 Å². The van der Waals surface area contributed by atoms with Gasteiger partial charge in [0.2, 0.25) is 0 Å². The first-order valence-corrected chi connectivity index (χ1v) is 10.1. The molecule has 2 aromatic rings. The van der Waals surface area contributed by atoms with Crippen LogP contribution in [0, 0.1) is 0 Å². The smallest absolute Gasteiger partial charge is 0.191 e. The van der Waals surface area contributed by atoms with E-state index in [-0.39, 0.29) is 24.0 Å². The zero-order valence-electron chi connectivity index (χ0n) is 18.4. The molecule has 2 N–H and O–H groups in total. The van der Waals surface area contributed by atoms with Crippen LogP contribution >= 0.6 is 24.0 Å². The molecule has 0 fully saturated rings. The van der Waals surface area contributed by atoms with Crippen LogP contribution in [-0.2, 0) is 24.4 Å². The van der Waals surface area contributed by atoms with E-state index < -0.39 is 0 Å². The molecule has 0 spiro atoms. The number of nitrogens with one attached hydrogen (secondary N) is 2. The SMILES string of the molecule is CCCOCc1ccccc1CNC(=NCc1ccc(OC)cc1OC)NCC.I. The Balaban J connectivity index is 0.00000450. The number of guanidine groups is 1. The normalized spacial score (nSPS) is 10.9. The van der Waals surface area contributed by atoms with E-state index in [2.05, 4.69) is 36.6 Å². The van der Waals surface area contributed by atoms with Crippen LogP contribution in [0.2, 0.25) is 0 Å². The molecule has 2 aromatic carbocycles. The molecular weight excluding hydrogens is 493 g/mol. The van der Waals surface area contributed by atoms with Crippen molar-refractivity contribution in [1.82, 2.24) is 10.6 Å². The fraction of sp³-hybridized carbons (Fsp3) is 0.435. The van der Waals surface area contributed by atoms with Gasteiger partial charge in [-0.1, -0.05) is 31.2 Å². The standard InChI is InChI=1S/C23H33N3O3.HI/c1-5-13-29-17-20-10-8-7-9-18(20)15-25-23(24-6-2)26-16-19-11-12-21(27-3)14-22(19)28-4;/h7-12,14H,5-6,13,15-17H2,1-4H3,(H2,24,25,26);1H. The van der Waals surface area contributed by atoms with Gasteiger partial charge >= 0.3 is 0 Å². The molecule has 0 aliphatic heterocycles. The van der Waals surface area contributed by atoms with Gasteiger partial charge in [-0.25, -0.2) is 4.99 Å². The van der Waals surface area contributed by atoms with Crippen molar-refractivity contribution >= 4 is 29.9 Å². The zero-order chi connectivity index (χ0) is 20.9. The number of halogens is 1. The Hall–Kier alpha value is -2.00. The molecular formula is C23H34IN3O3. The summed E-state index contributed by atoms with van der Waals surface area (Å²) in [6, 6.07) is 14.1. The molecule has 2 rings (SSSR count). The van der Waals surface area contributed by atoms with Gasteiger partial charge in [0.25, 0.3) is 0 Å². The van der Waals surface area contributed by atoms with Gasteiger partial charge in [-0.3, -0.25) is 0 Å². The summed E-state index contributed by atoms with van der Waals surface area (Å²) in [6.45, 7) is 7.54. The molecule has 0 bridgehead atoms. The van der Waals surface area contributed by atoms with Crippen LogP contribution < -0.4 is 20.1 Å². The minimum absolute atomic E-state index is 0. The minimum Gasteiger partial charge on any atom is -0.497 e. The fourth-order valence-electron chi connectivity index (χ4n) is 2.86. The molecule has 0 heterocycles. The van der Waals surface area contributed by atoms with E-state index in [0.29, 0.717) is 19.7 Å². The largest absolute Gasteiger partial charge is 0.497 e. The van der Waals surface area contributed by atoms with E-state index in [9.17, 15) is 0 Å². The summed E-state index contributed by atoms with van der Waals surface area (Å²) in [5.74, 6) is 2.29. The first-order valence-electron chi connectivity index (χ1n) is 10.1. The predicted octanol–water partition coefficient (Wildman–Crippen LogP) is 4.50. The van der Waals surface area contributed by atoms with Crippen LogP contribution in [0.25, 0.3) is 0 Å². The Kier molecular flexibility index (Phi) is 12.9. The maximum Gasteiger partial charge on any atom is 0.191 e. The number of nitrogens with zero attached hydrogens (tertiary/aromatic N) is 1. The van der Waals surface area contributed by atoms with Crippen LogP contribution in [-0.4, -0.2) is 33.3 Å². The Labute approximate surface area is 197 Å². The Morgan fingerprint density at radius 1 is 0.933 bits per heavy atom. The number of ether oxygens (including phenoxy) is 3. The Bertz CT molecular complexity index is 784. The third-order valence-electron chi connectivity index (χ3n) is 4.42. The van der Waals surface area contributed by atoms with Crippen LogP contribution in [0.15, 0.2) is 47.5 Å². The van der Waals surface area contributed by atoms with Gasteiger partial charge < -0.3 is 24.8 Å². The Morgan fingerprint density at radius 2 is 1.70 bits per heavy atom. The van der Waals surface area contributed by atoms with E-state index in [0.717, 1.165) is 42.6 Å². The molecule has 0 aliphatic carbocycles. The molecule has 7 heteroatoms. The molecule has 166 valence electrons. The maximum atomic E-state index is 5.72. The first-order chi connectivity index (χ1) is 14.2. The summed E-state index contributed by atoms with van der Waals surface area (Å²) in [5.41, 5.74) is 3.40. The molecule has 0 aromatic heterocycles. The molecule has 0 unspecified atom stereocenters. The van der Waals surface area contributed by atoms with Crippen LogP contribution in [0.5, 0.6) is 11.5 Å². The second-order valence-corrected chi connectivity index (χ2v) is 6.55. The molecule has 0 saturated carbocycles. The second-order valence-electron chi connectivity index (χ2n) is 6.55. The predicted molar refractivity (Wildman–Crippen MR) is 133 cm³/mol. The molecule has 0 radical (unpaired) electrons. The lowest BCUT2D eigenvalue weighted by Crippen LogP contribution is -2.37. The summed E-state index contributed by atoms with van der Waals surface area (Å²) < 4.78 is 16.4. The summed E-state index contributed by atoms with van der Waals surface area (Å²) in [4.78, 5) is 4.71. The molecule has 6 nitrogen and oxygen atoms in total. The van der Waals surface area contributed by atoms with E-state index in [4.69, 9.17) is 19.2 Å². The number of benzene rings is 2. The van der Waals surface area contributed by atoms with E-state index in [1.165, 1.54) is 11.1 Å². The van der Waals surface area contributed by atoms with E-state index >= 15 is 0 Å². The number of rotatable bonds is 11. The highest BCUT2D eigenvalue weighted by Crippen LogP contribution is 2.25. The van der Waals surface area contributed by atoms with Gasteiger partial charge in [-0.2, -0.15) is 0 Å². The average molecular weight is 527 g/mol. The average Bonchev–Trinajstić information content (AvgIpc) is 2.76. The lowest BCUT2D eigenvalue weighted by molar-refractivity contribution is 0.121. The highest BCUT2D eigenvalue weighted by atomic mass is 127. The number of methoxy groups -OCH3 is 2. The highest BCUT2D eigenvalue weighted by molar-refractivity contribution is 14.0. The van der Waals surface area contributed by atoms with Crippen LogP contribution in [0.1, 0.15) is 37.0 Å². The van der Waals surface area contributed by atoms with Gasteiger partial charge in [0.05, 0.1) is 27.4 Å². The van der Waals surface area contributed by atoms with Crippen molar-refractivity contribution in [3.8, 4) is 11.5 Å². The molecule has 0 amide bonds. The highest BCUT2D eigenvalue weighted by Gasteiger charge is 2.07. The topological polar surface area (TPSA) is 64.1 Å². The molecule has 0 saturated heterocycles. The van der Waals surface area contributed by atoms with E-state index in [1.54, 1.807) is 14.2 Å². The van der Waals surface area contributed by atoms with Crippen molar-refractivity contribution in [3.63, 3.8) is 0 Å². The third kappa shape index (κ3) is 8.39. The summed E-state index contributed by atoms with van der Waals surface area (Å²) >= 11 is 0. The lowest BCUT2D eigenvalue weighted by atomic mass is 10.1. The van der Waals surface area contributed by atoms with E-state index in [1.807, 2.05) is 30.3 Å². The quantitative estimate of drug-likeness (QED) is 0.195. The van der Waals surface area contributed by atoms with Crippen LogP contribution in [0.4, 0.5) is 0 Å². The van der Waals surface area contributed by atoms with Crippen molar-refractivity contribution < 1.29 is 14.2 Å². The zero-order valence-corrected chi connectivity index (χ0v) is 20.7. The molecule has 30 heavy (non-hydrogen) atoms. The molecule has 0 aliphatic rings. The monoisotopic (exact) mass is 527 g/mol. The second kappa shape index (κ2) is 14.9. The number of aliphatic imine (C=N–C) groups is 1. The van der Waals surface area contributed by atoms with Crippen LogP contribution in [0.3, 0.4) is 0 Å². The third-order valence-corrected chi connectivity index (χ3v) is 4.42. The van der Waals surface area contributed by atoms with Crippen molar-refractivity contribution in [2.24, 2.45) is 4.99 Å². The summed E-state index contributed by atoms with van der Waals surface area (Å²) in [5, 5.41) is 6.71. The number of hydrogen-bond acceptors (Lipinski definition) is 4. The van der Waals surface area contributed by atoms with Gasteiger partial charge in [-0.15, -0.1) is 24.0 Å². The van der Waals surface area contributed by atoms with Gasteiger partial charge in [0.15, 0.2) is 5.96 Å². The van der Waals surface area contributed by atoms with Crippen molar-refractivity contribution in [2.45, 2.75) is 40.0 Å². The summed E-state index contributed by atoms with van der Waals surface area (Å²) in [6.07, 6.45) is 1.02. The lowest BCUT2D eigenvalue weighted by Gasteiger charge is -2.15. The number of hydrogen-bond donors (Lipinski definition) is 2. The van der Waals surface area contributed by atoms with Gasteiger partial charge in [-0.05, 0) is 36.6 Å². The fourth-order valence-corrected chi connectivity index (χ4v) is 2.86. The summed E-state index contributed by atoms with van der Waals surface area (Å²) in [7, 11) is 3.30. The van der Waals surface area contributed by atoms with Gasteiger partial charge in [0, 0.05) is 31.3 Å². The minimum atomic E-state index is 0. The Morgan fingerprint density at radius 3 is 2.37 bits per heavy atom. The van der Waals surface area contributed by atoms with Crippen molar-refractivity contribution in [1.29, 1.82) is 0 Å².